The Morgan fingerprint density at radius 2 is 2.14 bits per heavy atom. The van der Waals surface area contributed by atoms with Gasteiger partial charge in [0.2, 0.25) is 0 Å². The minimum absolute atomic E-state index is 0.298. The molecule has 7 heteroatoms. The van der Waals surface area contributed by atoms with Crippen molar-refractivity contribution in [2.24, 2.45) is 5.92 Å². The molecular formula is C15H16Cl2N2O2S. The topological polar surface area (TPSA) is 51.2 Å². The van der Waals surface area contributed by atoms with Crippen LogP contribution >= 0.6 is 34.5 Å². The molecule has 0 atom stereocenters. The van der Waals surface area contributed by atoms with E-state index in [2.05, 4.69) is 10.3 Å². The molecule has 2 rings (SSSR count). The largest absolute Gasteiger partial charge is 0.449 e. The van der Waals surface area contributed by atoms with Crippen LogP contribution in [0.2, 0.25) is 10.0 Å². The Bertz CT molecular complexity index is 659. The fourth-order valence-electron chi connectivity index (χ4n) is 1.66. The van der Waals surface area contributed by atoms with Crippen LogP contribution in [-0.4, -0.2) is 17.7 Å². The van der Waals surface area contributed by atoms with E-state index in [0.29, 0.717) is 34.1 Å². The number of hydrogen-bond acceptors (Lipinski definition) is 4. The van der Waals surface area contributed by atoms with Crippen molar-refractivity contribution in [1.29, 1.82) is 0 Å². The van der Waals surface area contributed by atoms with Crippen LogP contribution in [0.1, 0.15) is 24.3 Å². The van der Waals surface area contributed by atoms with Crippen LogP contribution in [-0.2, 0) is 11.2 Å². The number of nitrogens with zero attached hydrogens (tertiary/aromatic N) is 1. The summed E-state index contributed by atoms with van der Waals surface area (Å²) in [5, 5.41) is 4.20. The van der Waals surface area contributed by atoms with Crippen LogP contribution in [0, 0.1) is 5.92 Å². The number of carbonyl (C=O) groups is 1. The molecule has 0 saturated carbocycles. The van der Waals surface area contributed by atoms with Gasteiger partial charge in [-0.3, -0.25) is 5.32 Å². The maximum absolute atomic E-state index is 11.6. The van der Waals surface area contributed by atoms with Gasteiger partial charge in [0, 0.05) is 17.5 Å². The van der Waals surface area contributed by atoms with Crippen LogP contribution in [0.3, 0.4) is 0 Å². The van der Waals surface area contributed by atoms with Gasteiger partial charge in [-0.1, -0.05) is 43.1 Å². The third-order valence-corrected chi connectivity index (χ3v) is 4.32. The number of aromatic nitrogens is 1. The Labute approximate surface area is 143 Å². The van der Waals surface area contributed by atoms with Gasteiger partial charge >= 0.3 is 6.09 Å². The lowest BCUT2D eigenvalue weighted by Gasteiger charge is -2.06. The summed E-state index contributed by atoms with van der Waals surface area (Å²) in [6.07, 6.45) is 1.92. The molecule has 1 aromatic carbocycles. The van der Waals surface area contributed by atoms with Crippen molar-refractivity contribution in [3.63, 3.8) is 0 Å². The molecule has 0 aliphatic carbocycles. The van der Waals surface area contributed by atoms with Crippen molar-refractivity contribution < 1.29 is 9.53 Å². The zero-order valence-corrected chi connectivity index (χ0v) is 14.6. The molecule has 0 spiro atoms. The molecule has 1 N–H and O–H groups in total. The van der Waals surface area contributed by atoms with Gasteiger partial charge < -0.3 is 4.74 Å². The summed E-state index contributed by atoms with van der Waals surface area (Å²) in [7, 11) is 0. The lowest BCUT2D eigenvalue weighted by atomic mass is 10.1. The minimum Gasteiger partial charge on any atom is -0.449 e. The van der Waals surface area contributed by atoms with E-state index < -0.39 is 6.09 Å². The molecule has 1 heterocycles. The maximum atomic E-state index is 11.6. The van der Waals surface area contributed by atoms with Gasteiger partial charge in [-0.05, 0) is 23.6 Å². The highest BCUT2D eigenvalue weighted by Gasteiger charge is 2.09. The number of benzene rings is 1. The Hall–Kier alpha value is -1.30. The van der Waals surface area contributed by atoms with E-state index in [1.165, 1.54) is 11.3 Å². The highest BCUT2D eigenvalue weighted by atomic mass is 35.5. The van der Waals surface area contributed by atoms with Gasteiger partial charge in [-0.15, -0.1) is 11.3 Å². The summed E-state index contributed by atoms with van der Waals surface area (Å²) < 4.78 is 5.05. The van der Waals surface area contributed by atoms with Crippen LogP contribution in [0.5, 0.6) is 0 Å². The zero-order valence-electron chi connectivity index (χ0n) is 12.2. The first-order valence-electron chi connectivity index (χ1n) is 6.76. The van der Waals surface area contributed by atoms with Crippen LogP contribution < -0.4 is 5.32 Å². The number of ether oxygens (including phenoxy) is 1. The molecule has 2 aromatic rings. The van der Waals surface area contributed by atoms with Gasteiger partial charge in [0.25, 0.3) is 0 Å². The lowest BCUT2D eigenvalue weighted by Crippen LogP contribution is -2.16. The summed E-state index contributed by atoms with van der Waals surface area (Å²) in [6.45, 7) is 4.34. The second-order valence-corrected chi connectivity index (χ2v) is 7.10. The molecular weight excluding hydrogens is 343 g/mol. The number of halogens is 2. The third-order valence-electron chi connectivity index (χ3n) is 2.67. The summed E-state index contributed by atoms with van der Waals surface area (Å²) >= 11 is 13.3. The van der Waals surface area contributed by atoms with Crippen LogP contribution in [0.4, 0.5) is 9.93 Å². The molecule has 1 amide bonds. The maximum Gasteiger partial charge on any atom is 0.413 e. The molecule has 118 valence electrons. The van der Waals surface area contributed by atoms with E-state index in [1.807, 2.05) is 26.0 Å². The Kier molecular flexibility index (Phi) is 6.06. The fraction of sp³-hybridized carbons (Fsp3) is 0.333. The smallest absolute Gasteiger partial charge is 0.413 e. The quantitative estimate of drug-likeness (QED) is 0.794. The molecule has 0 aliphatic heterocycles. The lowest BCUT2D eigenvalue weighted by molar-refractivity contribution is 0.147. The van der Waals surface area contributed by atoms with Crippen molar-refractivity contribution in [2.75, 3.05) is 11.9 Å². The summed E-state index contributed by atoms with van der Waals surface area (Å²) in [5.41, 5.74) is 1.03. The van der Waals surface area contributed by atoms with Crippen molar-refractivity contribution in [3.05, 3.63) is 44.9 Å². The first-order valence-corrected chi connectivity index (χ1v) is 8.33. The van der Waals surface area contributed by atoms with Crippen LogP contribution in [0.15, 0.2) is 24.4 Å². The molecule has 0 saturated heterocycles. The monoisotopic (exact) mass is 358 g/mol. The summed E-state index contributed by atoms with van der Waals surface area (Å²) in [5.74, 6) is 0.298. The number of carbonyl (C=O) groups excluding carboxylic acids is 1. The number of hydrogen-bond donors (Lipinski definition) is 1. The average molecular weight is 359 g/mol. The van der Waals surface area contributed by atoms with E-state index in [1.54, 1.807) is 12.3 Å². The molecule has 0 unspecified atom stereocenters. The van der Waals surface area contributed by atoms with Crippen molar-refractivity contribution >= 4 is 45.8 Å². The first kappa shape index (κ1) is 17.1. The van der Waals surface area contributed by atoms with Gasteiger partial charge in [0.05, 0.1) is 16.7 Å². The van der Waals surface area contributed by atoms with Gasteiger partial charge in [0.15, 0.2) is 5.13 Å². The number of nitrogens with one attached hydrogen (secondary N) is 1. The van der Waals surface area contributed by atoms with E-state index in [0.717, 1.165) is 10.4 Å². The predicted molar refractivity (Wildman–Crippen MR) is 91.2 cm³/mol. The average Bonchev–Trinajstić information content (AvgIpc) is 2.88. The fourth-order valence-corrected chi connectivity index (χ4v) is 2.82. The standard InChI is InChI=1S/C15H16Cl2N2O2S/c1-9(2)8-21-15(20)19-14-18-7-11(22-14)5-10-3-4-12(16)13(17)6-10/h3-4,6-7,9H,5,8H2,1-2H3,(H,18,19,20). The number of amides is 1. The Morgan fingerprint density at radius 3 is 2.82 bits per heavy atom. The van der Waals surface area contributed by atoms with Crippen LogP contribution in [0.25, 0.3) is 0 Å². The van der Waals surface area contributed by atoms with E-state index in [4.69, 9.17) is 27.9 Å². The molecule has 4 nitrogen and oxygen atoms in total. The van der Waals surface area contributed by atoms with E-state index in [-0.39, 0.29) is 0 Å². The molecule has 0 radical (unpaired) electrons. The molecule has 22 heavy (non-hydrogen) atoms. The van der Waals surface area contributed by atoms with Crippen molar-refractivity contribution in [2.45, 2.75) is 20.3 Å². The zero-order chi connectivity index (χ0) is 16.1. The third kappa shape index (κ3) is 5.16. The van der Waals surface area contributed by atoms with Gasteiger partial charge in [0.1, 0.15) is 0 Å². The second-order valence-electron chi connectivity index (χ2n) is 5.17. The number of rotatable bonds is 5. The van der Waals surface area contributed by atoms with Gasteiger partial charge in [-0.25, -0.2) is 9.78 Å². The number of thiazole rings is 1. The molecule has 0 bridgehead atoms. The Balaban J connectivity index is 1.93. The predicted octanol–water partition coefficient (Wildman–Crippen LogP) is 5.25. The van der Waals surface area contributed by atoms with Crippen molar-refractivity contribution in [3.8, 4) is 0 Å². The summed E-state index contributed by atoms with van der Waals surface area (Å²) in [6, 6.07) is 5.51. The normalized spacial score (nSPS) is 10.8. The number of anilines is 1. The highest BCUT2D eigenvalue weighted by Crippen LogP contribution is 2.26. The second kappa shape index (κ2) is 7.81. The van der Waals surface area contributed by atoms with Gasteiger partial charge in [-0.2, -0.15) is 0 Å². The Morgan fingerprint density at radius 1 is 1.36 bits per heavy atom. The molecule has 0 aliphatic rings. The minimum atomic E-state index is -0.482. The SMILES string of the molecule is CC(C)COC(=O)Nc1ncc(Cc2ccc(Cl)c(Cl)c2)s1. The van der Waals surface area contributed by atoms with E-state index in [9.17, 15) is 4.79 Å². The molecule has 1 aromatic heterocycles. The molecule has 0 fully saturated rings. The van der Waals surface area contributed by atoms with Crippen molar-refractivity contribution in [1.82, 2.24) is 4.98 Å². The summed E-state index contributed by atoms with van der Waals surface area (Å²) in [4.78, 5) is 16.7. The van der Waals surface area contributed by atoms with E-state index >= 15 is 0 Å². The highest BCUT2D eigenvalue weighted by molar-refractivity contribution is 7.15. The first-order chi connectivity index (χ1) is 10.4.